The van der Waals surface area contributed by atoms with Gasteiger partial charge in [0.1, 0.15) is 11.9 Å². The van der Waals surface area contributed by atoms with Crippen molar-refractivity contribution in [1.29, 1.82) is 0 Å². The van der Waals surface area contributed by atoms with Gasteiger partial charge in [0.25, 0.3) is 5.56 Å². The molecule has 10 heteroatoms. The summed E-state index contributed by atoms with van der Waals surface area (Å²) in [5.74, 6) is -1.09. The number of benzene rings is 2. The molecule has 0 aliphatic carbocycles. The van der Waals surface area contributed by atoms with Crippen LogP contribution in [0, 0.1) is 5.92 Å². The highest BCUT2D eigenvalue weighted by Crippen LogP contribution is 2.22. The van der Waals surface area contributed by atoms with Crippen molar-refractivity contribution in [2.45, 2.75) is 33.0 Å². The zero-order valence-corrected chi connectivity index (χ0v) is 19.0. The van der Waals surface area contributed by atoms with Gasteiger partial charge < -0.3 is 16.8 Å². The van der Waals surface area contributed by atoms with Gasteiger partial charge >= 0.3 is 11.7 Å². The van der Waals surface area contributed by atoms with Crippen molar-refractivity contribution in [2.75, 3.05) is 10.6 Å². The molecule has 0 spiro atoms. The van der Waals surface area contributed by atoms with Gasteiger partial charge in [0.15, 0.2) is 5.69 Å². The Hall–Kier alpha value is -4.34. The van der Waals surface area contributed by atoms with Crippen molar-refractivity contribution in [1.82, 2.24) is 14.9 Å². The predicted octanol–water partition coefficient (Wildman–Crippen LogP) is 1.39. The van der Waals surface area contributed by atoms with E-state index in [0.717, 1.165) is 11.1 Å². The second kappa shape index (κ2) is 10.5. The average molecular weight is 465 g/mol. The van der Waals surface area contributed by atoms with Gasteiger partial charge in [-0.1, -0.05) is 74.5 Å². The second-order valence-electron chi connectivity index (χ2n) is 8.21. The van der Waals surface area contributed by atoms with Crippen LogP contribution in [0.2, 0.25) is 0 Å². The largest absolute Gasteiger partial charge is 0.383 e. The van der Waals surface area contributed by atoms with Crippen LogP contribution in [0.3, 0.4) is 0 Å². The Morgan fingerprint density at radius 1 is 1.00 bits per heavy atom. The van der Waals surface area contributed by atoms with Gasteiger partial charge in [-0.15, -0.1) is 0 Å². The van der Waals surface area contributed by atoms with Gasteiger partial charge in [0.2, 0.25) is 5.91 Å². The SMILES string of the molecule is CC(C)C(NC(N)=O)C(=O)N(Cc1ccccc1)c1c(N)n(Cc2ccccc2)c(=O)[nH]c1=O. The molecule has 1 unspecified atom stereocenters. The lowest BCUT2D eigenvalue weighted by Crippen LogP contribution is -2.54. The molecule has 0 aliphatic rings. The molecule has 1 atom stereocenters. The predicted molar refractivity (Wildman–Crippen MR) is 130 cm³/mol. The second-order valence-corrected chi connectivity index (χ2v) is 8.21. The van der Waals surface area contributed by atoms with Crippen LogP contribution in [0.15, 0.2) is 70.3 Å². The average Bonchev–Trinajstić information content (AvgIpc) is 2.80. The Morgan fingerprint density at radius 3 is 2.09 bits per heavy atom. The van der Waals surface area contributed by atoms with Gasteiger partial charge in [0, 0.05) is 0 Å². The molecular formula is C24H28N6O4. The van der Waals surface area contributed by atoms with Crippen LogP contribution in [0.4, 0.5) is 16.3 Å². The number of aromatic nitrogens is 2. The maximum Gasteiger partial charge on any atom is 0.330 e. The lowest BCUT2D eigenvalue weighted by molar-refractivity contribution is -0.121. The molecule has 0 radical (unpaired) electrons. The first-order valence-corrected chi connectivity index (χ1v) is 10.8. The van der Waals surface area contributed by atoms with E-state index in [2.05, 4.69) is 10.3 Å². The standard InChI is InChI=1S/C24H28N6O4/c1-15(2)18(27-23(26)33)22(32)29(13-16-9-5-3-6-10-16)19-20(25)30(24(34)28-21(19)31)14-17-11-7-4-8-12-17/h3-12,15,18H,13-14,25H2,1-2H3,(H3,26,27,33)(H,28,31,34). The minimum atomic E-state index is -1.02. The van der Waals surface area contributed by atoms with Gasteiger partial charge in [-0.25, -0.2) is 9.59 Å². The quantitative estimate of drug-likeness (QED) is 0.396. The van der Waals surface area contributed by atoms with E-state index in [-0.39, 0.29) is 30.5 Å². The first-order valence-electron chi connectivity index (χ1n) is 10.8. The Kier molecular flexibility index (Phi) is 7.52. The summed E-state index contributed by atoms with van der Waals surface area (Å²) in [6, 6.07) is 16.2. The number of nitrogens with two attached hydrogens (primary N) is 2. The summed E-state index contributed by atoms with van der Waals surface area (Å²) in [4.78, 5) is 54.2. The number of nitrogens with zero attached hydrogens (tertiary/aromatic N) is 2. The van der Waals surface area contributed by atoms with Crippen LogP contribution in [-0.2, 0) is 17.9 Å². The minimum Gasteiger partial charge on any atom is -0.383 e. The van der Waals surface area contributed by atoms with Crippen LogP contribution in [0.1, 0.15) is 25.0 Å². The molecular weight excluding hydrogens is 436 g/mol. The molecule has 1 aromatic heterocycles. The Labute approximate surface area is 196 Å². The summed E-state index contributed by atoms with van der Waals surface area (Å²) in [5, 5.41) is 2.45. The number of urea groups is 1. The lowest BCUT2D eigenvalue weighted by atomic mass is 10.0. The van der Waals surface area contributed by atoms with Crippen LogP contribution < -0.4 is 32.9 Å². The number of aromatic amines is 1. The highest BCUT2D eigenvalue weighted by Gasteiger charge is 2.32. The van der Waals surface area contributed by atoms with E-state index in [1.807, 2.05) is 36.4 Å². The first kappa shape index (κ1) is 24.3. The van der Waals surface area contributed by atoms with Gasteiger partial charge in [0.05, 0.1) is 13.1 Å². The summed E-state index contributed by atoms with van der Waals surface area (Å²) in [7, 11) is 0. The third-order valence-electron chi connectivity index (χ3n) is 5.35. The molecule has 10 nitrogen and oxygen atoms in total. The van der Waals surface area contributed by atoms with Crippen LogP contribution in [-0.4, -0.2) is 27.5 Å². The molecule has 34 heavy (non-hydrogen) atoms. The fourth-order valence-electron chi connectivity index (χ4n) is 3.63. The zero-order valence-electron chi connectivity index (χ0n) is 19.0. The number of primary amides is 1. The molecule has 0 aliphatic heterocycles. The van der Waals surface area contributed by atoms with E-state index in [0.29, 0.717) is 0 Å². The molecule has 6 N–H and O–H groups in total. The summed E-state index contributed by atoms with van der Waals surface area (Å²) in [6.07, 6.45) is 0. The number of carbonyl (C=O) groups excluding carboxylic acids is 2. The molecule has 0 bridgehead atoms. The van der Waals surface area contributed by atoms with Gasteiger partial charge in [-0.3, -0.25) is 24.0 Å². The van der Waals surface area contributed by atoms with E-state index in [9.17, 15) is 19.2 Å². The number of H-pyrrole nitrogens is 1. The number of hydrogen-bond donors (Lipinski definition) is 4. The van der Waals surface area contributed by atoms with E-state index in [1.54, 1.807) is 38.1 Å². The molecule has 2 aromatic carbocycles. The Bertz CT molecular complexity index is 1270. The van der Waals surface area contributed by atoms with E-state index < -0.39 is 29.2 Å². The van der Waals surface area contributed by atoms with Crippen molar-refractivity contribution in [3.05, 3.63) is 92.6 Å². The fraction of sp³-hybridized carbons (Fsp3) is 0.250. The van der Waals surface area contributed by atoms with E-state index in [4.69, 9.17) is 11.5 Å². The molecule has 3 aromatic rings. The molecule has 1 heterocycles. The fourth-order valence-corrected chi connectivity index (χ4v) is 3.63. The summed E-state index contributed by atoms with van der Waals surface area (Å²) >= 11 is 0. The van der Waals surface area contributed by atoms with E-state index in [1.165, 1.54) is 9.47 Å². The molecule has 0 fully saturated rings. The molecule has 0 saturated heterocycles. The minimum absolute atomic E-state index is 0.0137. The van der Waals surface area contributed by atoms with Crippen molar-refractivity contribution in [2.24, 2.45) is 11.7 Å². The molecule has 3 amide bonds. The van der Waals surface area contributed by atoms with Gasteiger partial charge in [-0.05, 0) is 17.0 Å². The lowest BCUT2D eigenvalue weighted by Gasteiger charge is -2.30. The number of rotatable bonds is 8. The van der Waals surface area contributed by atoms with Crippen molar-refractivity contribution >= 4 is 23.4 Å². The number of carbonyl (C=O) groups is 2. The first-order chi connectivity index (χ1) is 16.2. The highest BCUT2D eigenvalue weighted by atomic mass is 16.2. The third-order valence-corrected chi connectivity index (χ3v) is 5.35. The van der Waals surface area contributed by atoms with Crippen LogP contribution >= 0.6 is 0 Å². The third kappa shape index (κ3) is 5.52. The van der Waals surface area contributed by atoms with Crippen LogP contribution in [0.5, 0.6) is 0 Å². The van der Waals surface area contributed by atoms with Crippen molar-refractivity contribution in [3.8, 4) is 0 Å². The summed E-state index contributed by atoms with van der Waals surface area (Å²) < 4.78 is 1.20. The molecule has 0 saturated carbocycles. The zero-order chi connectivity index (χ0) is 24.8. The highest BCUT2D eigenvalue weighted by molar-refractivity contribution is 6.00. The maximum absolute atomic E-state index is 13.6. The number of amides is 3. The summed E-state index contributed by atoms with van der Waals surface area (Å²) in [5.41, 5.74) is 11.5. The Morgan fingerprint density at radius 2 is 1.56 bits per heavy atom. The molecule has 3 rings (SSSR count). The summed E-state index contributed by atoms with van der Waals surface area (Å²) in [6.45, 7) is 3.56. The number of anilines is 2. The Balaban J connectivity index is 2.15. The number of nitrogen functional groups attached to an aromatic ring is 1. The maximum atomic E-state index is 13.6. The van der Waals surface area contributed by atoms with Crippen LogP contribution in [0.25, 0.3) is 0 Å². The van der Waals surface area contributed by atoms with E-state index >= 15 is 0 Å². The molecule has 178 valence electrons. The van der Waals surface area contributed by atoms with Crippen molar-refractivity contribution in [3.63, 3.8) is 0 Å². The number of nitrogens with one attached hydrogen (secondary N) is 2. The normalized spacial score (nSPS) is 11.7. The monoisotopic (exact) mass is 464 g/mol. The van der Waals surface area contributed by atoms with Crippen molar-refractivity contribution < 1.29 is 9.59 Å². The number of hydrogen-bond acceptors (Lipinski definition) is 5. The van der Waals surface area contributed by atoms with Gasteiger partial charge in [-0.2, -0.15) is 0 Å². The smallest absolute Gasteiger partial charge is 0.330 e. The topological polar surface area (TPSA) is 156 Å².